The summed E-state index contributed by atoms with van der Waals surface area (Å²) >= 11 is 1.45. The van der Waals surface area contributed by atoms with Gasteiger partial charge in [-0.25, -0.2) is 5.01 Å². The third-order valence-electron chi connectivity index (χ3n) is 7.53. The van der Waals surface area contributed by atoms with Gasteiger partial charge in [0, 0.05) is 61.4 Å². The molecule has 4 aromatic carbocycles. The molecule has 1 aliphatic rings. The molecule has 1 saturated heterocycles. The number of aromatic nitrogens is 1. The van der Waals surface area contributed by atoms with Gasteiger partial charge in [-0.05, 0) is 53.6 Å². The second-order valence-corrected chi connectivity index (χ2v) is 11.9. The summed E-state index contributed by atoms with van der Waals surface area (Å²) in [4.78, 5) is 32.1. The van der Waals surface area contributed by atoms with Crippen LogP contribution in [-0.2, 0) is 16.1 Å². The van der Waals surface area contributed by atoms with E-state index in [1.807, 2.05) is 134 Å². The zero-order valence-electron chi connectivity index (χ0n) is 24.1. The molecule has 7 nitrogen and oxygen atoms in total. The molecule has 0 saturated carbocycles. The van der Waals surface area contributed by atoms with E-state index >= 15 is 0 Å². The Morgan fingerprint density at radius 1 is 0.786 bits per heavy atom. The molecule has 1 unspecified atom stereocenters. The number of carbonyl (C=O) groups is 2. The zero-order chi connectivity index (χ0) is 29.4. The summed E-state index contributed by atoms with van der Waals surface area (Å²) in [6, 6.07) is 32.3. The third-order valence-corrected chi connectivity index (χ3v) is 8.78. The maximum atomic E-state index is 13.8. The van der Waals surface area contributed by atoms with Crippen molar-refractivity contribution >= 4 is 62.8 Å². The highest BCUT2D eigenvalue weighted by Gasteiger charge is 2.38. The van der Waals surface area contributed by atoms with Crippen molar-refractivity contribution in [1.29, 1.82) is 0 Å². The van der Waals surface area contributed by atoms with Gasteiger partial charge in [0.25, 0.3) is 11.8 Å². The highest BCUT2D eigenvalue weighted by atomic mass is 32.2. The Labute approximate surface area is 250 Å². The summed E-state index contributed by atoms with van der Waals surface area (Å²) in [5.41, 5.74) is 8.93. The van der Waals surface area contributed by atoms with Gasteiger partial charge in [0.15, 0.2) is 0 Å². The van der Waals surface area contributed by atoms with Gasteiger partial charge in [0.05, 0.1) is 4.91 Å². The van der Waals surface area contributed by atoms with E-state index in [2.05, 4.69) is 17.6 Å². The predicted octanol–water partition coefficient (Wildman–Crippen LogP) is 6.27. The molecule has 1 aliphatic heterocycles. The van der Waals surface area contributed by atoms with Crippen molar-refractivity contribution in [1.82, 2.24) is 15.0 Å². The van der Waals surface area contributed by atoms with E-state index in [1.165, 1.54) is 16.8 Å². The first-order chi connectivity index (χ1) is 20.3. The quantitative estimate of drug-likeness (QED) is 0.232. The normalized spacial score (nSPS) is 16.0. The minimum atomic E-state index is -0.400. The van der Waals surface area contributed by atoms with Crippen molar-refractivity contribution < 1.29 is 9.59 Å². The largest absolute Gasteiger partial charge is 0.378 e. The van der Waals surface area contributed by atoms with E-state index < -0.39 is 5.37 Å². The van der Waals surface area contributed by atoms with Crippen LogP contribution in [-0.4, -0.2) is 49.6 Å². The molecule has 5 aromatic rings. The zero-order valence-corrected chi connectivity index (χ0v) is 24.9. The van der Waals surface area contributed by atoms with Gasteiger partial charge in [0.2, 0.25) is 0 Å². The number of benzene rings is 4. The summed E-state index contributed by atoms with van der Waals surface area (Å²) < 4.78 is 2.01. The molecule has 6 rings (SSSR count). The average molecular weight is 576 g/mol. The van der Waals surface area contributed by atoms with Crippen molar-refractivity contribution in [3.8, 4) is 0 Å². The number of amides is 2. The minimum Gasteiger partial charge on any atom is -0.378 e. The molecule has 212 valence electrons. The van der Waals surface area contributed by atoms with E-state index in [4.69, 9.17) is 0 Å². The fourth-order valence-corrected chi connectivity index (χ4v) is 6.51. The second kappa shape index (κ2) is 11.3. The molecule has 0 bridgehead atoms. The van der Waals surface area contributed by atoms with Crippen molar-refractivity contribution in [3.05, 3.63) is 113 Å². The van der Waals surface area contributed by atoms with Crippen LogP contribution < -0.4 is 15.2 Å². The van der Waals surface area contributed by atoms with Crippen LogP contribution in [0.3, 0.4) is 0 Å². The van der Waals surface area contributed by atoms with E-state index in [0.717, 1.165) is 44.3 Å². The standard InChI is InChI=1S/C34H33N5O2S/c1-36(2)25-17-13-23(14-18-25)21-31-33(41)39(34(42-31)24-15-19-26(20-16-24)37(3)4)35-32(40)22-38-29-11-7-5-9-27(29)28-10-6-8-12-30(28)38/h5-21,34H,22H2,1-4H3,(H,35,40)/b31-21+. The Hall–Kier alpha value is -4.69. The van der Waals surface area contributed by atoms with Gasteiger partial charge in [-0.1, -0.05) is 72.4 Å². The molecule has 0 spiro atoms. The van der Waals surface area contributed by atoms with Crippen LogP contribution in [0.4, 0.5) is 11.4 Å². The van der Waals surface area contributed by atoms with Crippen molar-refractivity contribution in [2.75, 3.05) is 38.0 Å². The van der Waals surface area contributed by atoms with Crippen LogP contribution in [0.1, 0.15) is 16.5 Å². The number of rotatable bonds is 7. The lowest BCUT2D eigenvalue weighted by Crippen LogP contribution is -2.45. The molecular weight excluding hydrogens is 542 g/mol. The van der Waals surface area contributed by atoms with Gasteiger partial charge in [-0.2, -0.15) is 0 Å². The van der Waals surface area contributed by atoms with Gasteiger partial charge in [-0.3, -0.25) is 15.0 Å². The lowest BCUT2D eigenvalue weighted by Gasteiger charge is -2.25. The van der Waals surface area contributed by atoms with Crippen molar-refractivity contribution in [3.63, 3.8) is 0 Å². The van der Waals surface area contributed by atoms with E-state index in [0.29, 0.717) is 4.91 Å². The molecule has 1 fully saturated rings. The van der Waals surface area contributed by atoms with Gasteiger partial charge < -0.3 is 14.4 Å². The average Bonchev–Trinajstić information content (AvgIpc) is 3.47. The summed E-state index contributed by atoms with van der Waals surface area (Å²) in [7, 11) is 7.98. The summed E-state index contributed by atoms with van der Waals surface area (Å²) in [6.07, 6.45) is 1.90. The number of thioether (sulfide) groups is 1. The molecule has 0 radical (unpaired) electrons. The van der Waals surface area contributed by atoms with Crippen molar-refractivity contribution in [2.24, 2.45) is 0 Å². The first-order valence-electron chi connectivity index (χ1n) is 13.8. The molecule has 1 aromatic heterocycles. The Morgan fingerprint density at radius 3 is 1.86 bits per heavy atom. The Kier molecular flexibility index (Phi) is 7.39. The first-order valence-corrected chi connectivity index (χ1v) is 14.7. The SMILES string of the molecule is CN(C)c1ccc(/C=C2/SC(c3ccc(N(C)C)cc3)N(NC(=O)Cn3c4ccccc4c4ccccc43)C2=O)cc1. The molecular formula is C34H33N5O2S. The Bertz CT molecular complexity index is 1750. The van der Waals surface area contributed by atoms with Crippen LogP contribution in [0.5, 0.6) is 0 Å². The number of nitrogens with zero attached hydrogens (tertiary/aromatic N) is 4. The summed E-state index contributed by atoms with van der Waals surface area (Å²) in [5.74, 6) is -0.490. The van der Waals surface area contributed by atoms with Crippen LogP contribution in [0.25, 0.3) is 27.9 Å². The number of nitrogens with one attached hydrogen (secondary N) is 1. The minimum absolute atomic E-state index is 0.0831. The lowest BCUT2D eigenvalue weighted by atomic mass is 10.1. The van der Waals surface area contributed by atoms with Crippen LogP contribution in [0.15, 0.2) is 102 Å². The van der Waals surface area contributed by atoms with Crippen LogP contribution >= 0.6 is 11.8 Å². The van der Waals surface area contributed by atoms with Crippen molar-refractivity contribution in [2.45, 2.75) is 11.9 Å². The highest BCUT2D eigenvalue weighted by Crippen LogP contribution is 2.45. The third kappa shape index (κ3) is 5.21. The number of hydrogen-bond acceptors (Lipinski definition) is 5. The number of hydrogen-bond donors (Lipinski definition) is 1. The summed E-state index contributed by atoms with van der Waals surface area (Å²) in [5, 5.41) is 3.27. The summed E-state index contributed by atoms with van der Waals surface area (Å²) in [6.45, 7) is 0.0831. The number of anilines is 2. The topological polar surface area (TPSA) is 60.8 Å². The molecule has 0 aliphatic carbocycles. The highest BCUT2D eigenvalue weighted by molar-refractivity contribution is 8.04. The molecule has 2 heterocycles. The first kappa shape index (κ1) is 27.5. The molecule has 2 amide bonds. The fraction of sp³-hybridized carbons (Fsp3) is 0.176. The fourth-order valence-electron chi connectivity index (χ4n) is 5.31. The maximum absolute atomic E-state index is 13.8. The number of carbonyl (C=O) groups excluding carboxylic acids is 2. The predicted molar refractivity (Wildman–Crippen MR) is 174 cm³/mol. The molecule has 1 N–H and O–H groups in total. The van der Waals surface area contributed by atoms with E-state index in [1.54, 1.807) is 0 Å². The van der Waals surface area contributed by atoms with Gasteiger partial charge in [-0.15, -0.1) is 0 Å². The van der Waals surface area contributed by atoms with Gasteiger partial charge >= 0.3 is 0 Å². The molecule has 8 heteroatoms. The molecule has 1 atom stereocenters. The van der Waals surface area contributed by atoms with Crippen LogP contribution in [0.2, 0.25) is 0 Å². The maximum Gasteiger partial charge on any atom is 0.280 e. The number of fused-ring (bicyclic) bond motifs is 3. The van der Waals surface area contributed by atoms with Crippen LogP contribution in [0, 0.1) is 0 Å². The smallest absolute Gasteiger partial charge is 0.280 e. The van der Waals surface area contributed by atoms with Gasteiger partial charge in [0.1, 0.15) is 11.9 Å². The Morgan fingerprint density at radius 2 is 1.31 bits per heavy atom. The van der Waals surface area contributed by atoms with E-state index in [9.17, 15) is 9.59 Å². The molecule has 42 heavy (non-hydrogen) atoms. The monoisotopic (exact) mass is 575 g/mol. The number of hydrazine groups is 1. The number of para-hydroxylation sites is 2. The van der Waals surface area contributed by atoms with E-state index in [-0.39, 0.29) is 18.4 Å². The lowest BCUT2D eigenvalue weighted by molar-refractivity contribution is -0.138. The Balaban J connectivity index is 1.31. The second-order valence-electron chi connectivity index (χ2n) is 10.8.